The van der Waals surface area contributed by atoms with Gasteiger partial charge in [-0.25, -0.2) is 0 Å². The summed E-state index contributed by atoms with van der Waals surface area (Å²) in [5.41, 5.74) is 2.22. The molecule has 144 valence electrons. The lowest BCUT2D eigenvalue weighted by Gasteiger charge is -2.10. The molecule has 0 fully saturated rings. The number of aromatic nitrogens is 2. The fraction of sp³-hybridized carbons (Fsp3) is 0.150. The van der Waals surface area contributed by atoms with Gasteiger partial charge in [-0.05, 0) is 54.6 Å². The summed E-state index contributed by atoms with van der Waals surface area (Å²) in [5, 5.41) is 12.4. The van der Waals surface area contributed by atoms with Crippen LogP contribution in [0, 0.1) is 0 Å². The molecule has 0 saturated carbocycles. The highest BCUT2D eigenvalue weighted by Crippen LogP contribution is 2.28. The maximum Gasteiger partial charge on any atom is 0.234 e. The van der Waals surface area contributed by atoms with Gasteiger partial charge in [0.15, 0.2) is 0 Å². The summed E-state index contributed by atoms with van der Waals surface area (Å²) in [6.07, 6.45) is 0. The number of carbonyl (C=O) groups is 1. The topological polar surface area (TPSA) is 73.3 Å². The largest absolute Gasteiger partial charge is 0.497 e. The molecule has 3 rings (SSSR count). The minimum atomic E-state index is -0.188. The number of amides is 1. The van der Waals surface area contributed by atoms with Crippen LogP contribution < -0.4 is 14.8 Å². The zero-order valence-corrected chi connectivity index (χ0v) is 16.9. The molecule has 0 atom stereocenters. The molecular weight excluding hydrogens is 398 g/mol. The molecule has 0 aliphatic carbocycles. The Hall–Kier alpha value is -2.77. The molecule has 8 heteroatoms. The Labute approximate surface area is 172 Å². The number of methoxy groups -OCH3 is 2. The zero-order valence-electron chi connectivity index (χ0n) is 15.3. The number of hydrogen-bond donors (Lipinski definition) is 1. The van der Waals surface area contributed by atoms with Gasteiger partial charge in [0.25, 0.3) is 0 Å². The Morgan fingerprint density at radius 1 is 1.04 bits per heavy atom. The number of nitrogens with one attached hydrogen (secondary N) is 1. The van der Waals surface area contributed by atoms with Crippen LogP contribution >= 0.6 is 23.4 Å². The number of rotatable bonds is 7. The lowest BCUT2D eigenvalue weighted by atomic mass is 10.1. The van der Waals surface area contributed by atoms with Gasteiger partial charge in [-0.2, -0.15) is 0 Å². The van der Waals surface area contributed by atoms with E-state index in [9.17, 15) is 4.79 Å². The number of nitrogens with zero attached hydrogens (tertiary/aromatic N) is 2. The molecule has 28 heavy (non-hydrogen) atoms. The predicted molar refractivity (Wildman–Crippen MR) is 111 cm³/mol. The van der Waals surface area contributed by atoms with Crippen molar-refractivity contribution < 1.29 is 14.3 Å². The number of halogens is 1. The third-order valence-corrected chi connectivity index (χ3v) is 4.97. The van der Waals surface area contributed by atoms with Crippen LogP contribution in [0.1, 0.15) is 0 Å². The number of thioether (sulfide) groups is 1. The van der Waals surface area contributed by atoms with E-state index in [2.05, 4.69) is 15.5 Å². The quantitative estimate of drug-likeness (QED) is 0.571. The molecule has 0 aliphatic rings. The van der Waals surface area contributed by atoms with Crippen LogP contribution in [-0.2, 0) is 4.79 Å². The molecule has 3 aromatic rings. The van der Waals surface area contributed by atoms with Crippen molar-refractivity contribution in [2.24, 2.45) is 0 Å². The van der Waals surface area contributed by atoms with E-state index in [1.165, 1.54) is 18.9 Å². The molecule has 0 spiro atoms. The van der Waals surface area contributed by atoms with Crippen LogP contribution in [0.25, 0.3) is 11.3 Å². The number of ether oxygens (including phenoxy) is 2. The summed E-state index contributed by atoms with van der Waals surface area (Å²) in [5.74, 6) is 1.33. The van der Waals surface area contributed by atoms with Gasteiger partial charge in [0.2, 0.25) is 5.91 Å². The Balaban J connectivity index is 1.58. The average molecular weight is 416 g/mol. The maximum absolute atomic E-state index is 12.2. The van der Waals surface area contributed by atoms with Gasteiger partial charge in [-0.3, -0.25) is 4.79 Å². The van der Waals surface area contributed by atoms with Crippen LogP contribution in [0.5, 0.6) is 11.5 Å². The lowest BCUT2D eigenvalue weighted by molar-refractivity contribution is -0.113. The standard InChI is InChI=1S/C20H18ClN3O3S/c1-26-15-6-3-13(4-7-15)16-8-10-20(24-23-16)28-12-19(25)22-17-11-14(21)5-9-18(17)27-2/h3-11H,12H2,1-2H3,(H,22,25). The molecule has 1 aromatic heterocycles. The fourth-order valence-corrected chi connectivity index (χ4v) is 3.20. The Bertz CT molecular complexity index is 950. The van der Waals surface area contributed by atoms with Crippen molar-refractivity contribution in [3.05, 3.63) is 59.6 Å². The van der Waals surface area contributed by atoms with E-state index in [0.29, 0.717) is 21.5 Å². The summed E-state index contributed by atoms with van der Waals surface area (Å²) in [4.78, 5) is 12.2. The third-order valence-electron chi connectivity index (χ3n) is 3.81. The number of benzene rings is 2. The summed E-state index contributed by atoms with van der Waals surface area (Å²) in [6.45, 7) is 0. The first kappa shape index (κ1) is 20.0. The molecular formula is C20H18ClN3O3S. The Morgan fingerprint density at radius 3 is 2.46 bits per heavy atom. The van der Waals surface area contributed by atoms with Gasteiger partial charge in [-0.1, -0.05) is 23.4 Å². The van der Waals surface area contributed by atoms with E-state index >= 15 is 0 Å². The molecule has 0 radical (unpaired) electrons. The van der Waals surface area contributed by atoms with E-state index in [1.54, 1.807) is 25.3 Å². The Morgan fingerprint density at radius 2 is 1.82 bits per heavy atom. The van der Waals surface area contributed by atoms with E-state index in [0.717, 1.165) is 17.0 Å². The van der Waals surface area contributed by atoms with Crippen LogP contribution in [-0.4, -0.2) is 36.1 Å². The zero-order chi connectivity index (χ0) is 19.9. The molecule has 1 N–H and O–H groups in total. The van der Waals surface area contributed by atoms with Gasteiger partial charge in [-0.15, -0.1) is 10.2 Å². The third kappa shape index (κ3) is 5.15. The highest BCUT2D eigenvalue weighted by atomic mass is 35.5. The second kappa shape index (κ2) is 9.43. The molecule has 6 nitrogen and oxygen atoms in total. The van der Waals surface area contributed by atoms with Crippen molar-refractivity contribution in [1.29, 1.82) is 0 Å². The minimum absolute atomic E-state index is 0.187. The number of anilines is 1. The molecule has 0 bridgehead atoms. The van der Waals surface area contributed by atoms with Crippen molar-refractivity contribution in [2.45, 2.75) is 5.03 Å². The molecule has 1 heterocycles. The van der Waals surface area contributed by atoms with Gasteiger partial charge in [0.1, 0.15) is 16.5 Å². The smallest absolute Gasteiger partial charge is 0.234 e. The van der Waals surface area contributed by atoms with Crippen molar-refractivity contribution in [3.8, 4) is 22.8 Å². The van der Waals surface area contributed by atoms with E-state index in [-0.39, 0.29) is 11.7 Å². The first-order chi connectivity index (χ1) is 13.6. The fourth-order valence-electron chi connectivity index (χ4n) is 2.42. The lowest BCUT2D eigenvalue weighted by Crippen LogP contribution is -2.14. The highest BCUT2D eigenvalue weighted by Gasteiger charge is 2.10. The van der Waals surface area contributed by atoms with Gasteiger partial charge in [0.05, 0.1) is 31.4 Å². The molecule has 2 aromatic carbocycles. The van der Waals surface area contributed by atoms with Gasteiger partial charge >= 0.3 is 0 Å². The van der Waals surface area contributed by atoms with E-state index < -0.39 is 0 Å². The highest BCUT2D eigenvalue weighted by molar-refractivity contribution is 7.99. The number of hydrogen-bond acceptors (Lipinski definition) is 6. The van der Waals surface area contributed by atoms with Crippen molar-refractivity contribution in [2.75, 3.05) is 25.3 Å². The SMILES string of the molecule is COc1ccc(-c2ccc(SCC(=O)Nc3cc(Cl)ccc3OC)nn2)cc1. The van der Waals surface area contributed by atoms with Crippen LogP contribution in [0.3, 0.4) is 0 Å². The second-order valence-electron chi connectivity index (χ2n) is 5.67. The van der Waals surface area contributed by atoms with E-state index in [4.69, 9.17) is 21.1 Å². The molecule has 0 unspecified atom stereocenters. The summed E-state index contributed by atoms with van der Waals surface area (Å²) < 4.78 is 10.4. The molecule has 0 aliphatic heterocycles. The monoisotopic (exact) mass is 415 g/mol. The summed E-state index contributed by atoms with van der Waals surface area (Å²) >= 11 is 7.27. The Kier molecular flexibility index (Phi) is 6.73. The molecule has 1 amide bonds. The van der Waals surface area contributed by atoms with E-state index in [1.807, 2.05) is 36.4 Å². The maximum atomic E-state index is 12.2. The van der Waals surface area contributed by atoms with Gasteiger partial charge < -0.3 is 14.8 Å². The summed E-state index contributed by atoms with van der Waals surface area (Å²) in [7, 11) is 3.16. The van der Waals surface area contributed by atoms with Crippen molar-refractivity contribution in [3.63, 3.8) is 0 Å². The minimum Gasteiger partial charge on any atom is -0.497 e. The van der Waals surface area contributed by atoms with Crippen molar-refractivity contribution >= 4 is 35.0 Å². The predicted octanol–water partition coefficient (Wildman–Crippen LogP) is 4.55. The first-order valence-corrected chi connectivity index (χ1v) is 9.70. The van der Waals surface area contributed by atoms with Gasteiger partial charge in [0, 0.05) is 10.6 Å². The van der Waals surface area contributed by atoms with Crippen LogP contribution in [0.2, 0.25) is 5.02 Å². The first-order valence-electron chi connectivity index (χ1n) is 8.33. The normalized spacial score (nSPS) is 10.4. The van der Waals surface area contributed by atoms with Crippen LogP contribution in [0.15, 0.2) is 59.6 Å². The number of carbonyl (C=O) groups excluding carboxylic acids is 1. The molecule has 0 saturated heterocycles. The van der Waals surface area contributed by atoms with Crippen molar-refractivity contribution in [1.82, 2.24) is 10.2 Å². The summed E-state index contributed by atoms with van der Waals surface area (Å²) in [6, 6.07) is 16.3. The van der Waals surface area contributed by atoms with Crippen LogP contribution in [0.4, 0.5) is 5.69 Å². The average Bonchev–Trinajstić information content (AvgIpc) is 2.73. The second-order valence-corrected chi connectivity index (χ2v) is 7.10.